The Morgan fingerprint density at radius 3 is 2.71 bits per heavy atom. The van der Waals surface area contributed by atoms with Gasteiger partial charge in [-0.3, -0.25) is 0 Å². The number of hydrogen-bond donors (Lipinski definition) is 1. The maximum atomic E-state index is 13.5. The summed E-state index contributed by atoms with van der Waals surface area (Å²) in [6.07, 6.45) is 5.16. The molecule has 2 fully saturated rings. The largest absolute Gasteiger partial charge is 0.398 e. The van der Waals surface area contributed by atoms with Crippen molar-refractivity contribution in [2.24, 2.45) is 5.92 Å². The molecule has 1 aliphatic heterocycles. The first-order valence-corrected chi connectivity index (χ1v) is 9.41. The highest BCUT2D eigenvalue weighted by Gasteiger charge is 2.42. The molecule has 0 aromatic heterocycles. The van der Waals surface area contributed by atoms with Gasteiger partial charge in [-0.05, 0) is 53.2 Å². The average molecular weight is 377 g/mol. The normalized spacial score (nSPS) is 26.8. The molecule has 1 saturated heterocycles. The summed E-state index contributed by atoms with van der Waals surface area (Å²) < 4.78 is 40.9. The van der Waals surface area contributed by atoms with E-state index in [-0.39, 0.29) is 21.1 Å². The van der Waals surface area contributed by atoms with Crippen molar-refractivity contribution in [1.29, 1.82) is 0 Å². The zero-order valence-corrected chi connectivity index (χ0v) is 14.0. The summed E-state index contributed by atoms with van der Waals surface area (Å²) in [5.74, 6) is -0.0953. The van der Waals surface area contributed by atoms with Crippen molar-refractivity contribution < 1.29 is 12.8 Å². The third kappa shape index (κ3) is 2.59. The Kier molecular flexibility index (Phi) is 4.00. The highest BCUT2D eigenvalue weighted by Crippen LogP contribution is 2.40. The van der Waals surface area contributed by atoms with Crippen molar-refractivity contribution in [3.63, 3.8) is 0 Å². The van der Waals surface area contributed by atoms with Gasteiger partial charge in [0.05, 0.1) is 10.2 Å². The van der Waals surface area contributed by atoms with Gasteiger partial charge in [0.1, 0.15) is 10.7 Å². The molecule has 0 radical (unpaired) electrons. The monoisotopic (exact) mass is 376 g/mol. The summed E-state index contributed by atoms with van der Waals surface area (Å²) in [5, 5.41) is 0. The average Bonchev–Trinajstić information content (AvgIpc) is 2.87. The number of sulfonamides is 1. The summed E-state index contributed by atoms with van der Waals surface area (Å²) in [5.41, 5.74) is 5.71. The highest BCUT2D eigenvalue weighted by atomic mass is 79.9. The molecule has 2 N–H and O–H groups in total. The van der Waals surface area contributed by atoms with Gasteiger partial charge < -0.3 is 5.73 Å². The third-order valence-electron chi connectivity index (χ3n) is 4.60. The Labute approximate surface area is 132 Å². The first-order valence-electron chi connectivity index (χ1n) is 7.17. The van der Waals surface area contributed by atoms with E-state index in [4.69, 9.17) is 5.73 Å². The molecule has 2 aliphatic rings. The van der Waals surface area contributed by atoms with Gasteiger partial charge in [0, 0.05) is 12.6 Å². The second-order valence-electron chi connectivity index (χ2n) is 5.82. The van der Waals surface area contributed by atoms with Gasteiger partial charge in [0.25, 0.3) is 0 Å². The fourth-order valence-electron chi connectivity index (χ4n) is 3.55. The summed E-state index contributed by atoms with van der Waals surface area (Å²) in [6.45, 7) is 0.534. The second-order valence-corrected chi connectivity index (χ2v) is 8.53. The van der Waals surface area contributed by atoms with Crippen LogP contribution in [0.4, 0.5) is 10.1 Å². The number of fused-ring (bicyclic) bond motifs is 1. The molecule has 0 bridgehead atoms. The molecular weight excluding hydrogens is 359 g/mol. The molecule has 1 saturated carbocycles. The molecule has 3 rings (SSSR count). The molecule has 0 spiro atoms. The number of anilines is 1. The Morgan fingerprint density at radius 1 is 1.24 bits per heavy atom. The molecule has 1 aromatic carbocycles. The summed E-state index contributed by atoms with van der Waals surface area (Å²) in [4.78, 5) is 0.00185. The van der Waals surface area contributed by atoms with Gasteiger partial charge in [-0.1, -0.05) is 12.8 Å². The molecule has 7 heteroatoms. The quantitative estimate of drug-likeness (QED) is 0.806. The van der Waals surface area contributed by atoms with Crippen molar-refractivity contribution in [3.8, 4) is 0 Å². The minimum absolute atomic E-state index is 0.00185. The first-order chi connectivity index (χ1) is 9.91. The van der Waals surface area contributed by atoms with E-state index in [1.807, 2.05) is 0 Å². The SMILES string of the molecule is Nc1cc(F)c(Br)cc1S(=O)(=O)N1CCC2CCCCC21. The summed E-state index contributed by atoms with van der Waals surface area (Å²) >= 11 is 3.04. The number of halogens is 2. The Balaban J connectivity index is 1.99. The predicted octanol–water partition coefficient (Wildman–Crippen LogP) is 3.12. The van der Waals surface area contributed by atoms with Crippen LogP contribution in [0.15, 0.2) is 21.5 Å². The topological polar surface area (TPSA) is 63.4 Å². The molecule has 2 unspecified atom stereocenters. The Morgan fingerprint density at radius 2 is 1.95 bits per heavy atom. The number of rotatable bonds is 2. The Bertz CT molecular complexity index is 665. The number of benzene rings is 1. The zero-order chi connectivity index (χ0) is 15.2. The predicted molar refractivity (Wildman–Crippen MR) is 82.8 cm³/mol. The smallest absolute Gasteiger partial charge is 0.245 e. The lowest BCUT2D eigenvalue weighted by Gasteiger charge is -2.31. The maximum absolute atomic E-state index is 13.5. The van der Waals surface area contributed by atoms with Crippen molar-refractivity contribution >= 4 is 31.6 Å². The zero-order valence-electron chi connectivity index (χ0n) is 11.6. The van der Waals surface area contributed by atoms with Crippen molar-refractivity contribution in [3.05, 3.63) is 22.4 Å². The molecule has 0 amide bonds. The van der Waals surface area contributed by atoms with E-state index in [1.54, 1.807) is 4.31 Å². The second kappa shape index (κ2) is 5.52. The number of nitrogens with zero attached hydrogens (tertiary/aromatic N) is 1. The van der Waals surface area contributed by atoms with Crippen LogP contribution in [0, 0.1) is 11.7 Å². The number of nitrogen functional groups attached to an aromatic ring is 1. The highest BCUT2D eigenvalue weighted by molar-refractivity contribution is 9.10. The van der Waals surface area contributed by atoms with E-state index < -0.39 is 15.8 Å². The minimum Gasteiger partial charge on any atom is -0.398 e. The van der Waals surface area contributed by atoms with Crippen LogP contribution >= 0.6 is 15.9 Å². The van der Waals surface area contributed by atoms with Gasteiger partial charge in [-0.15, -0.1) is 0 Å². The van der Waals surface area contributed by atoms with Crippen LogP contribution < -0.4 is 5.73 Å². The van der Waals surface area contributed by atoms with Crippen molar-refractivity contribution in [2.45, 2.75) is 43.0 Å². The summed E-state index contributed by atoms with van der Waals surface area (Å²) in [6, 6.07) is 2.41. The number of nitrogens with two attached hydrogens (primary N) is 1. The van der Waals surface area contributed by atoms with E-state index >= 15 is 0 Å². The Hall–Kier alpha value is -0.660. The molecule has 2 atom stereocenters. The molecular formula is C14H18BrFN2O2S. The van der Waals surface area contributed by atoms with Crippen LogP contribution in [0.25, 0.3) is 0 Å². The van der Waals surface area contributed by atoms with Crippen LogP contribution in [0.2, 0.25) is 0 Å². The van der Waals surface area contributed by atoms with E-state index in [9.17, 15) is 12.8 Å². The minimum atomic E-state index is -3.67. The molecule has 1 heterocycles. The molecule has 116 valence electrons. The standard InChI is InChI=1S/C14H18BrFN2O2S/c15-10-7-14(12(17)8-11(10)16)21(19,20)18-6-5-9-3-1-2-4-13(9)18/h7-9,13H,1-6,17H2. The van der Waals surface area contributed by atoms with E-state index in [0.717, 1.165) is 31.7 Å². The fourth-order valence-corrected chi connectivity index (χ4v) is 5.91. The first kappa shape index (κ1) is 15.2. The van der Waals surface area contributed by atoms with E-state index in [1.165, 1.54) is 12.5 Å². The molecule has 21 heavy (non-hydrogen) atoms. The van der Waals surface area contributed by atoms with E-state index in [0.29, 0.717) is 12.5 Å². The molecule has 1 aliphatic carbocycles. The molecule has 4 nitrogen and oxygen atoms in total. The fraction of sp³-hybridized carbons (Fsp3) is 0.571. The van der Waals surface area contributed by atoms with Crippen LogP contribution in [0.5, 0.6) is 0 Å². The van der Waals surface area contributed by atoms with Crippen LogP contribution in [-0.4, -0.2) is 25.3 Å². The third-order valence-corrected chi connectivity index (χ3v) is 7.19. The van der Waals surface area contributed by atoms with Gasteiger partial charge in [-0.2, -0.15) is 4.31 Å². The van der Waals surface area contributed by atoms with Gasteiger partial charge in [-0.25, -0.2) is 12.8 Å². The van der Waals surface area contributed by atoms with Crippen molar-refractivity contribution in [1.82, 2.24) is 4.31 Å². The van der Waals surface area contributed by atoms with Gasteiger partial charge in [0.15, 0.2) is 0 Å². The lowest BCUT2D eigenvalue weighted by Crippen LogP contribution is -2.39. The van der Waals surface area contributed by atoms with Crippen LogP contribution in [0.3, 0.4) is 0 Å². The van der Waals surface area contributed by atoms with Crippen molar-refractivity contribution in [2.75, 3.05) is 12.3 Å². The lowest BCUT2D eigenvalue weighted by molar-refractivity contribution is 0.260. The van der Waals surface area contributed by atoms with Crippen LogP contribution in [-0.2, 0) is 10.0 Å². The van der Waals surface area contributed by atoms with Gasteiger partial charge >= 0.3 is 0 Å². The molecule has 1 aromatic rings. The number of hydrogen-bond acceptors (Lipinski definition) is 3. The summed E-state index contributed by atoms with van der Waals surface area (Å²) in [7, 11) is -3.67. The van der Waals surface area contributed by atoms with Gasteiger partial charge in [0.2, 0.25) is 10.0 Å². The lowest BCUT2D eigenvalue weighted by atomic mass is 9.86. The van der Waals surface area contributed by atoms with Crippen LogP contribution in [0.1, 0.15) is 32.1 Å². The maximum Gasteiger partial charge on any atom is 0.245 e. The van der Waals surface area contributed by atoms with E-state index in [2.05, 4.69) is 15.9 Å².